The second-order valence-corrected chi connectivity index (χ2v) is 17.1. The lowest BCUT2D eigenvalue weighted by atomic mass is 9.68. The summed E-state index contributed by atoms with van der Waals surface area (Å²) in [4.78, 5) is 57.6. The van der Waals surface area contributed by atoms with Crippen molar-refractivity contribution in [3.05, 3.63) is 110 Å². The molecule has 2 aliphatic heterocycles. The zero-order chi connectivity index (χ0) is 33.6. The van der Waals surface area contributed by atoms with Crippen molar-refractivity contribution in [2.45, 2.75) is 69.2 Å². The molecule has 7 nitrogen and oxygen atoms in total. The highest BCUT2D eigenvalue weighted by atomic mass is 32.2. The van der Waals surface area contributed by atoms with Gasteiger partial charge >= 0.3 is 4.87 Å². The Morgan fingerprint density at radius 3 is 2.21 bits per heavy atom. The molecule has 2 bridgehead atoms. The van der Waals surface area contributed by atoms with Crippen molar-refractivity contribution in [3.8, 4) is 0 Å². The van der Waals surface area contributed by atoms with Crippen molar-refractivity contribution < 1.29 is 14.4 Å². The van der Waals surface area contributed by atoms with E-state index in [0.717, 1.165) is 38.7 Å². The van der Waals surface area contributed by atoms with Gasteiger partial charge in [-0.3, -0.25) is 28.6 Å². The van der Waals surface area contributed by atoms with Gasteiger partial charge in [-0.1, -0.05) is 92.3 Å². The number of hydrogen-bond acceptors (Lipinski definition) is 6. The third-order valence-corrected chi connectivity index (χ3v) is 13.9. The summed E-state index contributed by atoms with van der Waals surface area (Å²) in [6.07, 6.45) is 0.820. The first-order valence-electron chi connectivity index (χ1n) is 16.7. The van der Waals surface area contributed by atoms with Crippen LogP contribution in [-0.4, -0.2) is 27.5 Å². The molecule has 3 fully saturated rings. The van der Waals surface area contributed by atoms with Crippen molar-refractivity contribution in [1.82, 2.24) is 4.57 Å². The zero-order valence-corrected chi connectivity index (χ0v) is 29.4. The van der Waals surface area contributed by atoms with Gasteiger partial charge in [0.25, 0.3) is 0 Å². The molecule has 48 heavy (non-hydrogen) atoms. The lowest BCUT2D eigenvalue weighted by Gasteiger charge is -2.43. The number of thiazole rings is 1. The van der Waals surface area contributed by atoms with Gasteiger partial charge in [0.15, 0.2) is 0 Å². The van der Waals surface area contributed by atoms with Gasteiger partial charge in [0.2, 0.25) is 17.7 Å². The SMILES string of the molecule is Cc1ccc(N2C(=O)C3C4CC(C3C2=O)C2C(c3ccc(C(C)(C)C)cc3)c3sc(=O)n(CC(=O)Nc5ccccc5C)c3SC42)cc1. The predicted octanol–water partition coefficient (Wildman–Crippen LogP) is 7.14. The summed E-state index contributed by atoms with van der Waals surface area (Å²) in [6, 6.07) is 24.0. The van der Waals surface area contributed by atoms with Crippen molar-refractivity contribution in [3.63, 3.8) is 0 Å². The fourth-order valence-electron chi connectivity index (χ4n) is 8.81. The maximum absolute atomic E-state index is 14.1. The second-order valence-electron chi connectivity index (χ2n) is 15.0. The molecule has 2 saturated carbocycles. The van der Waals surface area contributed by atoms with E-state index in [2.05, 4.69) is 50.4 Å². The Kier molecular flexibility index (Phi) is 7.38. The summed E-state index contributed by atoms with van der Waals surface area (Å²) in [5, 5.41) is 3.87. The Labute approximate surface area is 288 Å². The summed E-state index contributed by atoms with van der Waals surface area (Å²) in [5.74, 6) is -1.14. The third-order valence-electron chi connectivity index (χ3n) is 11.1. The molecular formula is C39H39N3O4S2. The van der Waals surface area contributed by atoms with E-state index in [4.69, 9.17) is 0 Å². The van der Waals surface area contributed by atoms with Crippen molar-refractivity contribution in [2.75, 3.05) is 10.2 Å². The monoisotopic (exact) mass is 677 g/mol. The van der Waals surface area contributed by atoms with Gasteiger partial charge in [-0.15, -0.1) is 11.8 Å². The average molecular weight is 678 g/mol. The normalized spacial score (nSPS) is 27.2. The molecule has 7 unspecified atom stereocenters. The summed E-state index contributed by atoms with van der Waals surface area (Å²) < 4.78 is 1.63. The standard InChI is InChI=1S/C39H39N3O4S2/c1-20-10-16-24(17-11-20)42-35(44)31-25-18-26(32(31)36(42)45)33-30(25)29(22-12-14-23(15-13-22)39(3,4)5)34-37(47-33)41(38(46)48-34)19-28(43)40-27-9-7-6-8-21(27)2/h6-17,25-26,29-33H,18-19H2,1-5H3,(H,40,43). The van der Waals surface area contributed by atoms with Crippen molar-refractivity contribution in [2.24, 2.45) is 29.6 Å². The molecule has 1 aromatic heterocycles. The number of para-hydroxylation sites is 1. The summed E-state index contributed by atoms with van der Waals surface area (Å²) >= 11 is 2.88. The van der Waals surface area contributed by atoms with Crippen LogP contribution in [-0.2, 0) is 26.3 Å². The largest absolute Gasteiger partial charge is 0.324 e. The molecule has 1 saturated heterocycles. The number of hydrogen-bond donors (Lipinski definition) is 1. The third kappa shape index (κ3) is 4.84. The number of aryl methyl sites for hydroxylation is 2. The Bertz CT molecular complexity index is 2020. The molecule has 2 aliphatic carbocycles. The molecule has 9 heteroatoms. The number of amides is 3. The molecule has 7 atom stereocenters. The van der Waals surface area contributed by atoms with E-state index in [-0.39, 0.29) is 75.3 Å². The van der Waals surface area contributed by atoms with Gasteiger partial charge in [-0.05, 0) is 78.3 Å². The maximum Gasteiger partial charge on any atom is 0.308 e. The van der Waals surface area contributed by atoms with E-state index < -0.39 is 0 Å². The van der Waals surface area contributed by atoms with Crippen LogP contribution in [0.15, 0.2) is 82.6 Å². The van der Waals surface area contributed by atoms with Crippen LogP contribution >= 0.6 is 23.1 Å². The molecule has 3 amide bonds. The quantitative estimate of drug-likeness (QED) is 0.227. The number of imide groups is 1. The number of carbonyl (C=O) groups excluding carboxylic acids is 3. The highest BCUT2D eigenvalue weighted by Crippen LogP contribution is 2.69. The zero-order valence-electron chi connectivity index (χ0n) is 27.7. The van der Waals surface area contributed by atoms with Gasteiger partial charge in [0.1, 0.15) is 6.54 Å². The first-order valence-corrected chi connectivity index (χ1v) is 18.4. The number of nitrogens with one attached hydrogen (secondary N) is 1. The minimum Gasteiger partial charge on any atom is -0.324 e. The molecule has 4 aromatic rings. The minimum absolute atomic E-state index is 0.00986. The van der Waals surface area contributed by atoms with E-state index in [1.165, 1.54) is 21.8 Å². The van der Waals surface area contributed by atoms with Crippen LogP contribution < -0.4 is 15.1 Å². The number of thioether (sulfide) groups is 1. The summed E-state index contributed by atoms with van der Waals surface area (Å²) in [5.41, 5.74) is 5.73. The van der Waals surface area contributed by atoms with Gasteiger partial charge in [0, 0.05) is 21.7 Å². The number of carbonyl (C=O) groups is 3. The van der Waals surface area contributed by atoms with E-state index in [0.29, 0.717) is 5.69 Å². The van der Waals surface area contributed by atoms with Crippen LogP contribution in [0.1, 0.15) is 60.2 Å². The number of benzene rings is 3. The Balaban J connectivity index is 1.19. The molecule has 246 valence electrons. The molecule has 0 spiro atoms. The minimum atomic E-state index is -0.369. The van der Waals surface area contributed by atoms with Gasteiger partial charge in [0.05, 0.1) is 22.5 Å². The van der Waals surface area contributed by atoms with Gasteiger partial charge < -0.3 is 5.32 Å². The fraction of sp³-hybridized carbons (Fsp3) is 0.385. The van der Waals surface area contributed by atoms with Crippen LogP contribution in [0.25, 0.3) is 0 Å². The predicted molar refractivity (Wildman–Crippen MR) is 191 cm³/mol. The first kappa shape index (κ1) is 31.3. The number of aromatic nitrogens is 1. The Morgan fingerprint density at radius 1 is 0.875 bits per heavy atom. The molecule has 3 aromatic carbocycles. The Morgan fingerprint density at radius 2 is 1.54 bits per heavy atom. The Hall–Kier alpha value is -3.95. The second kappa shape index (κ2) is 11.3. The van der Waals surface area contributed by atoms with E-state index >= 15 is 0 Å². The fourth-order valence-corrected chi connectivity index (χ4v) is 12.0. The molecule has 3 heterocycles. The van der Waals surface area contributed by atoms with E-state index in [9.17, 15) is 19.2 Å². The average Bonchev–Trinajstić information content (AvgIpc) is 3.77. The molecule has 0 radical (unpaired) electrons. The van der Waals surface area contributed by atoms with Crippen molar-refractivity contribution >= 4 is 52.2 Å². The van der Waals surface area contributed by atoms with Crippen molar-refractivity contribution in [1.29, 1.82) is 0 Å². The van der Waals surface area contributed by atoms with Crippen LogP contribution in [0.5, 0.6) is 0 Å². The number of anilines is 2. The lowest BCUT2D eigenvalue weighted by Crippen LogP contribution is -2.43. The van der Waals surface area contributed by atoms with E-state index in [1.54, 1.807) is 16.3 Å². The molecular weight excluding hydrogens is 639 g/mol. The maximum atomic E-state index is 14.1. The van der Waals surface area contributed by atoms with Crippen LogP contribution in [0.3, 0.4) is 0 Å². The summed E-state index contributed by atoms with van der Waals surface area (Å²) in [6.45, 7) is 10.4. The van der Waals surface area contributed by atoms with Gasteiger partial charge in [-0.25, -0.2) is 0 Å². The van der Waals surface area contributed by atoms with E-state index in [1.807, 2.05) is 62.4 Å². The number of nitrogens with zero attached hydrogens (tertiary/aromatic N) is 2. The lowest BCUT2D eigenvalue weighted by molar-refractivity contribution is -0.123. The first-order chi connectivity index (χ1) is 22.9. The van der Waals surface area contributed by atoms with Crippen LogP contribution in [0, 0.1) is 43.4 Å². The topological polar surface area (TPSA) is 88.5 Å². The smallest absolute Gasteiger partial charge is 0.308 e. The molecule has 1 N–H and O–H groups in total. The summed E-state index contributed by atoms with van der Waals surface area (Å²) in [7, 11) is 0. The molecule has 4 aliphatic rings. The highest BCUT2D eigenvalue weighted by molar-refractivity contribution is 8.00. The van der Waals surface area contributed by atoms with Gasteiger partial charge in [-0.2, -0.15) is 0 Å². The number of fused-ring (bicyclic) bond motifs is 9. The molecule has 8 rings (SSSR count). The van der Waals surface area contributed by atoms with Crippen LogP contribution in [0.4, 0.5) is 11.4 Å². The van der Waals surface area contributed by atoms with Crippen LogP contribution in [0.2, 0.25) is 0 Å². The number of rotatable bonds is 5. The highest BCUT2D eigenvalue weighted by Gasteiger charge is 2.69.